The van der Waals surface area contributed by atoms with Gasteiger partial charge in [0, 0.05) is 16.5 Å². The molecule has 0 N–H and O–H groups in total. The van der Waals surface area contributed by atoms with Crippen LogP contribution in [0.5, 0.6) is 0 Å². The summed E-state index contributed by atoms with van der Waals surface area (Å²) in [5.74, 6) is 1.99. The van der Waals surface area contributed by atoms with E-state index in [1.807, 2.05) is 36.4 Å². The largest absolute Gasteiger partial charge is 0.209 e. The lowest BCUT2D eigenvalue weighted by Crippen LogP contribution is -2.15. The second kappa shape index (κ2) is 10.5. The van der Waals surface area contributed by atoms with E-state index in [0.29, 0.717) is 17.5 Å². The molecule has 0 radical (unpaired) electrons. The Kier molecular flexibility index (Phi) is 6.73. The SMILES string of the molecule is C=C(CC/C(=C\C)c1ccccc1)c1nc(-c2ccccc2)nc(-c2ccc3c(c2)C(C)(C)c2ccccc2-3)n1. The van der Waals surface area contributed by atoms with E-state index in [1.54, 1.807) is 0 Å². The molecule has 0 fully saturated rings. The summed E-state index contributed by atoms with van der Waals surface area (Å²) in [5.41, 5.74) is 10.5. The Bertz CT molecular complexity index is 1730. The van der Waals surface area contributed by atoms with E-state index in [9.17, 15) is 0 Å². The maximum atomic E-state index is 4.99. The van der Waals surface area contributed by atoms with Crippen molar-refractivity contribution >= 4 is 11.1 Å². The van der Waals surface area contributed by atoms with Crippen LogP contribution in [0.3, 0.4) is 0 Å². The minimum absolute atomic E-state index is 0.0933. The number of nitrogens with zero attached hydrogens (tertiary/aromatic N) is 3. The highest BCUT2D eigenvalue weighted by molar-refractivity contribution is 5.83. The highest BCUT2D eigenvalue weighted by Crippen LogP contribution is 2.49. The molecular weight excluding hydrogens is 486 g/mol. The molecule has 1 aliphatic carbocycles. The summed E-state index contributed by atoms with van der Waals surface area (Å²) >= 11 is 0. The molecular formula is C37H33N3. The van der Waals surface area contributed by atoms with E-state index in [1.165, 1.54) is 33.4 Å². The van der Waals surface area contributed by atoms with Gasteiger partial charge in [0.05, 0.1) is 0 Å². The third kappa shape index (κ3) is 4.69. The summed E-state index contributed by atoms with van der Waals surface area (Å²) in [6.45, 7) is 11.1. The lowest BCUT2D eigenvalue weighted by molar-refractivity contribution is 0.660. The molecule has 1 aromatic heterocycles. The zero-order valence-corrected chi connectivity index (χ0v) is 23.4. The minimum Gasteiger partial charge on any atom is -0.209 e. The molecule has 1 heterocycles. The molecule has 40 heavy (non-hydrogen) atoms. The summed E-state index contributed by atoms with van der Waals surface area (Å²) in [4.78, 5) is 14.8. The van der Waals surface area contributed by atoms with E-state index in [0.717, 1.165) is 29.5 Å². The van der Waals surface area contributed by atoms with Gasteiger partial charge in [-0.15, -0.1) is 0 Å². The van der Waals surface area contributed by atoms with E-state index in [-0.39, 0.29) is 5.41 Å². The molecule has 0 amide bonds. The van der Waals surface area contributed by atoms with Gasteiger partial charge in [-0.1, -0.05) is 124 Å². The number of benzene rings is 4. The number of fused-ring (bicyclic) bond motifs is 3. The molecule has 4 aromatic carbocycles. The predicted molar refractivity (Wildman–Crippen MR) is 167 cm³/mol. The fourth-order valence-electron chi connectivity index (χ4n) is 5.73. The first kappa shape index (κ1) is 25.6. The molecule has 0 saturated carbocycles. The molecule has 1 aliphatic rings. The van der Waals surface area contributed by atoms with Gasteiger partial charge in [-0.3, -0.25) is 0 Å². The van der Waals surface area contributed by atoms with Gasteiger partial charge in [0.15, 0.2) is 17.5 Å². The predicted octanol–water partition coefficient (Wildman–Crippen LogP) is 9.41. The van der Waals surface area contributed by atoms with Crippen molar-refractivity contribution in [3.63, 3.8) is 0 Å². The number of allylic oxidation sites excluding steroid dienone is 3. The standard InChI is InChI=1S/C37H33N3/c1-5-26(27-14-8-6-9-15-27)21-20-25(2)34-38-35(28-16-10-7-11-17-28)40-36(39-34)29-22-23-31-30-18-12-13-19-32(30)37(3,4)33(31)24-29/h5-19,22-24H,2,20-21H2,1,3-4H3/b26-5+. The number of rotatable bonds is 7. The first-order valence-electron chi connectivity index (χ1n) is 13.9. The Labute approximate surface area is 237 Å². The van der Waals surface area contributed by atoms with Crippen molar-refractivity contribution in [1.82, 2.24) is 15.0 Å². The van der Waals surface area contributed by atoms with Crippen LogP contribution in [0, 0.1) is 0 Å². The van der Waals surface area contributed by atoms with Crippen LogP contribution in [-0.2, 0) is 5.41 Å². The van der Waals surface area contributed by atoms with Gasteiger partial charge in [-0.25, -0.2) is 15.0 Å². The van der Waals surface area contributed by atoms with Crippen LogP contribution in [0.15, 0.2) is 116 Å². The first-order valence-corrected chi connectivity index (χ1v) is 13.9. The summed E-state index contributed by atoms with van der Waals surface area (Å²) in [6, 6.07) is 36.0. The van der Waals surface area contributed by atoms with E-state index in [2.05, 4.69) is 100 Å². The molecule has 196 valence electrons. The highest BCUT2D eigenvalue weighted by Gasteiger charge is 2.35. The molecule has 0 spiro atoms. The molecule has 5 aromatic rings. The molecule has 0 atom stereocenters. The van der Waals surface area contributed by atoms with Crippen LogP contribution in [0.25, 0.3) is 45.0 Å². The van der Waals surface area contributed by atoms with Crippen LogP contribution in [0.2, 0.25) is 0 Å². The number of hydrogen-bond donors (Lipinski definition) is 0. The number of aromatic nitrogens is 3. The average molecular weight is 520 g/mol. The Balaban J connectivity index is 1.38. The van der Waals surface area contributed by atoms with Crippen molar-refractivity contribution in [1.29, 1.82) is 0 Å². The second-order valence-corrected chi connectivity index (χ2v) is 10.9. The van der Waals surface area contributed by atoms with Crippen molar-refractivity contribution in [2.24, 2.45) is 0 Å². The normalized spacial score (nSPS) is 13.5. The van der Waals surface area contributed by atoms with E-state index >= 15 is 0 Å². The van der Waals surface area contributed by atoms with Crippen LogP contribution in [0.4, 0.5) is 0 Å². The Morgan fingerprint density at radius 2 is 1.30 bits per heavy atom. The second-order valence-electron chi connectivity index (χ2n) is 10.9. The summed E-state index contributed by atoms with van der Waals surface area (Å²) in [7, 11) is 0. The molecule has 0 aliphatic heterocycles. The molecule has 3 heteroatoms. The third-order valence-corrected chi connectivity index (χ3v) is 8.01. The van der Waals surface area contributed by atoms with Gasteiger partial charge in [0.2, 0.25) is 0 Å². The zero-order valence-electron chi connectivity index (χ0n) is 23.4. The van der Waals surface area contributed by atoms with Crippen LogP contribution in [-0.4, -0.2) is 15.0 Å². The van der Waals surface area contributed by atoms with Gasteiger partial charge in [0.25, 0.3) is 0 Å². The van der Waals surface area contributed by atoms with Gasteiger partial charge < -0.3 is 0 Å². The van der Waals surface area contributed by atoms with Crippen molar-refractivity contribution < 1.29 is 0 Å². The molecule has 0 bridgehead atoms. The smallest absolute Gasteiger partial charge is 0.164 e. The summed E-state index contributed by atoms with van der Waals surface area (Å²) < 4.78 is 0. The summed E-state index contributed by atoms with van der Waals surface area (Å²) in [6.07, 6.45) is 3.81. The molecule has 0 saturated heterocycles. The molecule has 0 unspecified atom stereocenters. The fourth-order valence-corrected chi connectivity index (χ4v) is 5.73. The summed E-state index contributed by atoms with van der Waals surface area (Å²) in [5, 5.41) is 0. The van der Waals surface area contributed by atoms with Crippen molar-refractivity contribution in [2.75, 3.05) is 0 Å². The average Bonchev–Trinajstić information content (AvgIpc) is 3.24. The van der Waals surface area contributed by atoms with Crippen LogP contribution < -0.4 is 0 Å². The third-order valence-electron chi connectivity index (χ3n) is 8.01. The van der Waals surface area contributed by atoms with Gasteiger partial charge >= 0.3 is 0 Å². The molecule has 6 rings (SSSR count). The quantitative estimate of drug-likeness (QED) is 0.215. The van der Waals surface area contributed by atoms with Crippen LogP contribution in [0.1, 0.15) is 56.1 Å². The van der Waals surface area contributed by atoms with E-state index in [4.69, 9.17) is 15.0 Å². The maximum absolute atomic E-state index is 4.99. The Hall–Kier alpha value is -4.63. The topological polar surface area (TPSA) is 38.7 Å². The number of hydrogen-bond acceptors (Lipinski definition) is 3. The Morgan fingerprint density at radius 3 is 2.02 bits per heavy atom. The fraction of sp³-hybridized carbons (Fsp3) is 0.162. The monoisotopic (exact) mass is 519 g/mol. The van der Waals surface area contributed by atoms with E-state index < -0.39 is 0 Å². The van der Waals surface area contributed by atoms with Gasteiger partial charge in [-0.2, -0.15) is 0 Å². The highest BCUT2D eigenvalue weighted by atomic mass is 15.0. The van der Waals surface area contributed by atoms with Crippen molar-refractivity contribution in [2.45, 2.75) is 39.0 Å². The maximum Gasteiger partial charge on any atom is 0.164 e. The van der Waals surface area contributed by atoms with Gasteiger partial charge in [-0.05, 0) is 64.8 Å². The zero-order chi connectivity index (χ0) is 27.7. The van der Waals surface area contributed by atoms with Gasteiger partial charge in [0.1, 0.15) is 0 Å². The lowest BCUT2D eigenvalue weighted by atomic mass is 9.82. The van der Waals surface area contributed by atoms with Crippen molar-refractivity contribution in [3.05, 3.63) is 138 Å². The minimum atomic E-state index is -0.0933. The lowest BCUT2D eigenvalue weighted by Gasteiger charge is -2.21. The first-order chi connectivity index (χ1) is 19.5. The van der Waals surface area contributed by atoms with Crippen molar-refractivity contribution in [3.8, 4) is 33.9 Å². The molecule has 3 nitrogen and oxygen atoms in total. The van der Waals surface area contributed by atoms with Crippen LogP contribution >= 0.6 is 0 Å². The Morgan fingerprint density at radius 1 is 0.675 bits per heavy atom.